The van der Waals surface area contributed by atoms with Gasteiger partial charge in [-0.25, -0.2) is 4.79 Å². The monoisotopic (exact) mass is 329 g/mol. The van der Waals surface area contributed by atoms with Crippen molar-refractivity contribution >= 4 is 11.9 Å². The van der Waals surface area contributed by atoms with E-state index >= 15 is 0 Å². The van der Waals surface area contributed by atoms with Gasteiger partial charge in [-0.15, -0.1) is 0 Å². The second-order valence-electron chi connectivity index (χ2n) is 5.04. The number of rotatable bonds is 7. The van der Waals surface area contributed by atoms with Crippen LogP contribution in [0.15, 0.2) is 48.5 Å². The number of para-hydroxylation sites is 1. The maximum absolute atomic E-state index is 11.8. The molecule has 0 fully saturated rings. The smallest absolute Gasteiger partial charge is 0.338 e. The molecule has 0 saturated heterocycles. The van der Waals surface area contributed by atoms with Gasteiger partial charge in [-0.2, -0.15) is 0 Å². The fourth-order valence-corrected chi connectivity index (χ4v) is 2.14. The minimum Gasteiger partial charge on any atom is -0.508 e. The Bertz CT molecular complexity index is 714. The Kier molecular flexibility index (Phi) is 6.19. The lowest BCUT2D eigenvalue weighted by molar-refractivity contribution is -0.124. The van der Waals surface area contributed by atoms with E-state index in [2.05, 4.69) is 5.32 Å². The van der Waals surface area contributed by atoms with Crippen LogP contribution in [-0.4, -0.2) is 37.2 Å². The summed E-state index contributed by atoms with van der Waals surface area (Å²) in [5.74, 6) is -0.322. The number of esters is 1. The van der Waals surface area contributed by atoms with Gasteiger partial charge >= 0.3 is 5.97 Å². The molecule has 0 atom stereocenters. The normalized spacial score (nSPS) is 10.0. The first-order valence-electron chi connectivity index (χ1n) is 7.45. The molecule has 0 aliphatic heterocycles. The highest BCUT2D eigenvalue weighted by Crippen LogP contribution is 2.17. The van der Waals surface area contributed by atoms with Gasteiger partial charge in [0.15, 0.2) is 6.61 Å². The molecule has 0 bridgehead atoms. The van der Waals surface area contributed by atoms with Crippen LogP contribution in [0.3, 0.4) is 0 Å². The predicted molar refractivity (Wildman–Crippen MR) is 88.1 cm³/mol. The van der Waals surface area contributed by atoms with E-state index in [1.165, 1.54) is 24.3 Å². The van der Waals surface area contributed by atoms with Crippen molar-refractivity contribution in [2.45, 2.75) is 6.42 Å². The van der Waals surface area contributed by atoms with Gasteiger partial charge in [0.25, 0.3) is 5.91 Å². The highest BCUT2D eigenvalue weighted by molar-refractivity contribution is 5.91. The van der Waals surface area contributed by atoms with Crippen molar-refractivity contribution in [1.82, 2.24) is 5.32 Å². The third-order valence-electron chi connectivity index (χ3n) is 3.33. The van der Waals surface area contributed by atoms with Crippen molar-refractivity contribution in [3.63, 3.8) is 0 Å². The molecule has 6 heteroatoms. The number of phenols is 1. The first-order valence-corrected chi connectivity index (χ1v) is 7.45. The van der Waals surface area contributed by atoms with Crippen LogP contribution < -0.4 is 10.1 Å². The van der Waals surface area contributed by atoms with Gasteiger partial charge in [0.05, 0.1) is 12.7 Å². The first kappa shape index (κ1) is 17.3. The third-order valence-corrected chi connectivity index (χ3v) is 3.33. The molecule has 0 aromatic heterocycles. The van der Waals surface area contributed by atoms with Gasteiger partial charge in [0.2, 0.25) is 0 Å². The number of ether oxygens (including phenoxy) is 2. The number of methoxy groups -OCH3 is 1. The number of carbonyl (C=O) groups is 2. The van der Waals surface area contributed by atoms with Gasteiger partial charge in [0.1, 0.15) is 11.5 Å². The van der Waals surface area contributed by atoms with Crippen LogP contribution in [0.4, 0.5) is 0 Å². The Balaban J connectivity index is 1.74. The van der Waals surface area contributed by atoms with Crippen LogP contribution in [0.1, 0.15) is 15.9 Å². The fraction of sp³-hybridized carbons (Fsp3) is 0.222. The molecule has 0 heterocycles. The molecule has 6 nitrogen and oxygen atoms in total. The number of phenolic OH excluding ortho intramolecular Hbond substituents is 1. The molecule has 2 rings (SSSR count). The van der Waals surface area contributed by atoms with E-state index < -0.39 is 11.9 Å². The van der Waals surface area contributed by atoms with E-state index in [-0.39, 0.29) is 17.9 Å². The number of aromatic hydroxyl groups is 1. The van der Waals surface area contributed by atoms with Crippen molar-refractivity contribution in [3.05, 3.63) is 59.7 Å². The Labute approximate surface area is 140 Å². The van der Waals surface area contributed by atoms with Crippen molar-refractivity contribution < 1.29 is 24.2 Å². The minimum absolute atomic E-state index is 0.0364. The lowest BCUT2D eigenvalue weighted by Crippen LogP contribution is -2.30. The molecule has 0 spiro atoms. The van der Waals surface area contributed by atoms with E-state index in [0.717, 1.165) is 11.3 Å². The van der Waals surface area contributed by atoms with Crippen LogP contribution in [0.25, 0.3) is 0 Å². The molecule has 2 aromatic rings. The average Bonchev–Trinajstić information content (AvgIpc) is 2.60. The third kappa shape index (κ3) is 5.01. The summed E-state index contributed by atoms with van der Waals surface area (Å²) in [6, 6.07) is 13.3. The van der Waals surface area contributed by atoms with E-state index in [4.69, 9.17) is 9.47 Å². The van der Waals surface area contributed by atoms with Crippen LogP contribution in [-0.2, 0) is 16.0 Å². The van der Waals surface area contributed by atoms with Gasteiger partial charge in [0, 0.05) is 6.54 Å². The van der Waals surface area contributed by atoms with E-state index in [0.29, 0.717) is 13.0 Å². The summed E-state index contributed by atoms with van der Waals surface area (Å²) in [6.07, 6.45) is 0.607. The first-order chi connectivity index (χ1) is 11.6. The molecule has 0 radical (unpaired) electrons. The zero-order chi connectivity index (χ0) is 17.4. The highest BCUT2D eigenvalue weighted by atomic mass is 16.5. The second-order valence-corrected chi connectivity index (χ2v) is 5.04. The van der Waals surface area contributed by atoms with Crippen LogP contribution in [0.2, 0.25) is 0 Å². The van der Waals surface area contributed by atoms with Crippen molar-refractivity contribution in [3.8, 4) is 11.5 Å². The molecule has 1 amide bonds. The highest BCUT2D eigenvalue weighted by Gasteiger charge is 2.10. The number of benzene rings is 2. The Hall–Kier alpha value is -3.02. The Morgan fingerprint density at radius 3 is 2.67 bits per heavy atom. The summed E-state index contributed by atoms with van der Waals surface area (Å²) in [6.45, 7) is 0.0310. The predicted octanol–water partition coefficient (Wildman–Crippen LogP) is 1.92. The molecule has 126 valence electrons. The summed E-state index contributed by atoms with van der Waals surface area (Å²) in [5, 5.41) is 12.0. The maximum atomic E-state index is 11.8. The van der Waals surface area contributed by atoms with E-state index in [1.54, 1.807) is 7.11 Å². The molecule has 0 aliphatic rings. The number of hydrogen-bond donors (Lipinski definition) is 2. The standard InChI is InChI=1S/C18H19NO5/c1-23-16-8-3-2-5-13(16)9-10-19-17(21)12-24-18(22)14-6-4-7-15(20)11-14/h2-8,11,20H,9-10,12H2,1H3,(H,19,21). The SMILES string of the molecule is COc1ccccc1CCNC(=O)COC(=O)c1cccc(O)c1. The molecular formula is C18H19NO5. The number of carbonyl (C=O) groups excluding carboxylic acids is 2. The summed E-state index contributed by atoms with van der Waals surface area (Å²) >= 11 is 0. The Morgan fingerprint density at radius 2 is 1.92 bits per heavy atom. The van der Waals surface area contributed by atoms with Crippen LogP contribution in [0.5, 0.6) is 11.5 Å². The van der Waals surface area contributed by atoms with Crippen molar-refractivity contribution in [2.24, 2.45) is 0 Å². The van der Waals surface area contributed by atoms with Gasteiger partial charge in [-0.1, -0.05) is 24.3 Å². The van der Waals surface area contributed by atoms with Gasteiger partial charge in [-0.05, 0) is 36.2 Å². The largest absolute Gasteiger partial charge is 0.508 e. The molecule has 0 aliphatic carbocycles. The molecular weight excluding hydrogens is 310 g/mol. The summed E-state index contributed by atoms with van der Waals surface area (Å²) in [5.41, 5.74) is 1.17. The number of nitrogens with one attached hydrogen (secondary N) is 1. The topological polar surface area (TPSA) is 84.9 Å². The average molecular weight is 329 g/mol. The van der Waals surface area contributed by atoms with Crippen LogP contribution in [0, 0.1) is 0 Å². The van der Waals surface area contributed by atoms with Crippen molar-refractivity contribution in [2.75, 3.05) is 20.3 Å². The number of hydrogen-bond acceptors (Lipinski definition) is 5. The summed E-state index contributed by atoms with van der Waals surface area (Å²) < 4.78 is 10.1. The summed E-state index contributed by atoms with van der Waals surface area (Å²) in [7, 11) is 1.60. The zero-order valence-corrected chi connectivity index (χ0v) is 13.3. The quantitative estimate of drug-likeness (QED) is 0.758. The van der Waals surface area contributed by atoms with Crippen LogP contribution >= 0.6 is 0 Å². The van der Waals surface area contributed by atoms with Crippen molar-refractivity contribution in [1.29, 1.82) is 0 Å². The van der Waals surface area contributed by atoms with Gasteiger partial charge in [-0.3, -0.25) is 4.79 Å². The zero-order valence-electron chi connectivity index (χ0n) is 13.3. The lowest BCUT2D eigenvalue weighted by atomic mass is 10.1. The minimum atomic E-state index is -0.661. The lowest BCUT2D eigenvalue weighted by Gasteiger charge is -2.09. The molecule has 2 N–H and O–H groups in total. The molecule has 0 unspecified atom stereocenters. The Morgan fingerprint density at radius 1 is 1.12 bits per heavy atom. The van der Waals surface area contributed by atoms with E-state index in [9.17, 15) is 14.7 Å². The van der Waals surface area contributed by atoms with Gasteiger partial charge < -0.3 is 19.9 Å². The number of amides is 1. The maximum Gasteiger partial charge on any atom is 0.338 e. The summed E-state index contributed by atoms with van der Waals surface area (Å²) in [4.78, 5) is 23.5. The molecule has 0 saturated carbocycles. The molecule has 24 heavy (non-hydrogen) atoms. The van der Waals surface area contributed by atoms with E-state index in [1.807, 2.05) is 24.3 Å². The fourth-order valence-electron chi connectivity index (χ4n) is 2.14. The molecule has 2 aromatic carbocycles. The second kappa shape index (κ2) is 8.57.